The van der Waals surface area contributed by atoms with E-state index in [1.807, 2.05) is 32.0 Å². The normalized spacial score (nSPS) is 10.9. The van der Waals surface area contributed by atoms with Crippen molar-refractivity contribution in [3.63, 3.8) is 0 Å². The molecule has 1 N–H and O–H groups in total. The molecule has 3 heteroatoms. The molecule has 0 aliphatic rings. The van der Waals surface area contributed by atoms with Crippen LogP contribution in [0.1, 0.15) is 11.1 Å². The van der Waals surface area contributed by atoms with Gasteiger partial charge in [-0.1, -0.05) is 23.8 Å². The van der Waals surface area contributed by atoms with Crippen LogP contribution in [0.5, 0.6) is 5.75 Å². The molecule has 2 aromatic carbocycles. The Morgan fingerprint density at radius 2 is 1.75 bits per heavy atom. The minimum atomic E-state index is -0.366. The quantitative estimate of drug-likeness (QED) is 0.682. The third-order valence-electron chi connectivity index (χ3n) is 3.39. The summed E-state index contributed by atoms with van der Waals surface area (Å²) in [5.41, 5.74) is 3.65. The third-order valence-corrected chi connectivity index (χ3v) is 3.39. The fourth-order valence-corrected chi connectivity index (χ4v) is 2.41. The molecule has 3 rings (SSSR count). The predicted molar refractivity (Wildman–Crippen MR) is 79.1 cm³/mol. The molecule has 3 nitrogen and oxygen atoms in total. The van der Waals surface area contributed by atoms with Gasteiger partial charge in [0.1, 0.15) is 11.3 Å². The van der Waals surface area contributed by atoms with Gasteiger partial charge in [0.2, 0.25) is 0 Å². The minimum absolute atomic E-state index is 0.151. The zero-order chi connectivity index (χ0) is 14.3. The highest BCUT2D eigenvalue weighted by atomic mass is 16.4. The number of rotatable bonds is 1. The van der Waals surface area contributed by atoms with E-state index < -0.39 is 0 Å². The van der Waals surface area contributed by atoms with Crippen molar-refractivity contribution in [2.75, 3.05) is 0 Å². The van der Waals surface area contributed by atoms with Crippen molar-refractivity contribution in [2.45, 2.75) is 13.8 Å². The summed E-state index contributed by atoms with van der Waals surface area (Å²) < 4.78 is 5.32. The van der Waals surface area contributed by atoms with E-state index in [1.54, 1.807) is 18.2 Å². The van der Waals surface area contributed by atoms with Crippen molar-refractivity contribution in [2.24, 2.45) is 0 Å². The predicted octanol–water partition coefficient (Wildman–Crippen LogP) is 3.78. The zero-order valence-corrected chi connectivity index (χ0v) is 11.3. The first-order chi connectivity index (χ1) is 9.54. The Morgan fingerprint density at radius 1 is 0.950 bits per heavy atom. The lowest BCUT2D eigenvalue weighted by Crippen LogP contribution is -2.03. The van der Waals surface area contributed by atoms with Gasteiger partial charge in [-0.05, 0) is 49.2 Å². The Balaban J connectivity index is 2.30. The Morgan fingerprint density at radius 3 is 2.50 bits per heavy atom. The molecule has 0 unspecified atom stereocenters. The van der Waals surface area contributed by atoms with Gasteiger partial charge in [-0.2, -0.15) is 0 Å². The number of phenolic OH excluding ortho intramolecular Hbond substituents is 1. The Hall–Kier alpha value is -2.55. The second-order valence-electron chi connectivity index (χ2n) is 4.99. The van der Waals surface area contributed by atoms with Crippen LogP contribution in [0.2, 0.25) is 0 Å². The van der Waals surface area contributed by atoms with E-state index >= 15 is 0 Å². The van der Waals surface area contributed by atoms with Gasteiger partial charge in [0.25, 0.3) is 0 Å². The van der Waals surface area contributed by atoms with Crippen LogP contribution in [0.4, 0.5) is 0 Å². The maximum absolute atomic E-state index is 12.1. The van der Waals surface area contributed by atoms with Crippen molar-refractivity contribution in [1.82, 2.24) is 0 Å². The van der Waals surface area contributed by atoms with Gasteiger partial charge in [0.05, 0.1) is 5.56 Å². The SMILES string of the molecule is Cc1ccc(-c2cc3cc(O)ccc3oc2=O)c(C)c1. The Bertz CT molecular complexity index is 860. The molecule has 0 fully saturated rings. The molecule has 0 saturated carbocycles. The van der Waals surface area contributed by atoms with E-state index in [1.165, 1.54) is 6.07 Å². The first-order valence-corrected chi connectivity index (χ1v) is 6.39. The largest absolute Gasteiger partial charge is 0.508 e. The number of phenols is 1. The van der Waals surface area contributed by atoms with Gasteiger partial charge in [0, 0.05) is 5.39 Å². The average Bonchev–Trinajstić information content (AvgIpc) is 2.39. The van der Waals surface area contributed by atoms with Crippen molar-refractivity contribution >= 4 is 11.0 Å². The van der Waals surface area contributed by atoms with Gasteiger partial charge in [-0.25, -0.2) is 4.79 Å². The highest BCUT2D eigenvalue weighted by Gasteiger charge is 2.10. The Kier molecular flexibility index (Phi) is 2.83. The van der Waals surface area contributed by atoms with Crippen molar-refractivity contribution in [3.8, 4) is 16.9 Å². The number of fused-ring (bicyclic) bond motifs is 1. The molecule has 0 spiro atoms. The van der Waals surface area contributed by atoms with Crippen LogP contribution in [0.15, 0.2) is 51.7 Å². The van der Waals surface area contributed by atoms with E-state index in [0.29, 0.717) is 16.5 Å². The lowest BCUT2D eigenvalue weighted by molar-refractivity contribution is 0.475. The molecule has 0 saturated heterocycles. The molecular formula is C17H14O3. The molecule has 0 aliphatic carbocycles. The van der Waals surface area contributed by atoms with Crippen molar-refractivity contribution < 1.29 is 9.52 Å². The van der Waals surface area contributed by atoms with Crippen LogP contribution in [0.3, 0.4) is 0 Å². The highest BCUT2D eigenvalue weighted by Crippen LogP contribution is 2.26. The summed E-state index contributed by atoms with van der Waals surface area (Å²) in [6.45, 7) is 3.98. The molecule has 0 atom stereocenters. The maximum atomic E-state index is 12.1. The minimum Gasteiger partial charge on any atom is -0.508 e. The summed E-state index contributed by atoms with van der Waals surface area (Å²) in [7, 11) is 0. The van der Waals surface area contributed by atoms with Crippen molar-refractivity contribution in [1.29, 1.82) is 0 Å². The second kappa shape index (κ2) is 4.53. The van der Waals surface area contributed by atoms with E-state index in [0.717, 1.165) is 16.7 Å². The van der Waals surface area contributed by atoms with Gasteiger partial charge in [-0.15, -0.1) is 0 Å². The second-order valence-corrected chi connectivity index (χ2v) is 4.99. The molecule has 3 aromatic rings. The third kappa shape index (κ3) is 2.07. The lowest BCUT2D eigenvalue weighted by atomic mass is 9.99. The number of hydrogen-bond donors (Lipinski definition) is 1. The standard InChI is InChI=1S/C17H14O3/c1-10-3-5-14(11(2)7-10)15-9-12-8-13(18)4-6-16(12)20-17(15)19/h3-9,18H,1-2H3. The first kappa shape index (κ1) is 12.5. The molecule has 0 aliphatic heterocycles. The summed E-state index contributed by atoms with van der Waals surface area (Å²) in [5.74, 6) is 0.151. The highest BCUT2D eigenvalue weighted by molar-refractivity contribution is 5.83. The van der Waals surface area contributed by atoms with Gasteiger partial charge in [0.15, 0.2) is 0 Å². The van der Waals surface area contributed by atoms with Gasteiger partial charge < -0.3 is 9.52 Å². The van der Waals surface area contributed by atoms with Crippen LogP contribution in [-0.2, 0) is 0 Å². The summed E-state index contributed by atoms with van der Waals surface area (Å²) >= 11 is 0. The molecule has 0 radical (unpaired) electrons. The molecular weight excluding hydrogens is 252 g/mol. The smallest absolute Gasteiger partial charge is 0.344 e. The monoisotopic (exact) mass is 266 g/mol. The molecule has 0 bridgehead atoms. The summed E-state index contributed by atoms with van der Waals surface area (Å²) in [5, 5.41) is 10.2. The Labute approximate surface area is 116 Å². The number of aromatic hydroxyl groups is 1. The van der Waals surface area contributed by atoms with Crippen molar-refractivity contribution in [3.05, 3.63) is 64.0 Å². The fraction of sp³-hybridized carbons (Fsp3) is 0.118. The maximum Gasteiger partial charge on any atom is 0.344 e. The van der Waals surface area contributed by atoms with Crippen LogP contribution in [-0.4, -0.2) is 5.11 Å². The molecule has 1 aromatic heterocycles. The summed E-state index contributed by atoms with van der Waals surface area (Å²) in [4.78, 5) is 12.1. The fourth-order valence-electron chi connectivity index (χ4n) is 2.41. The number of hydrogen-bond acceptors (Lipinski definition) is 3. The summed E-state index contributed by atoms with van der Waals surface area (Å²) in [6.07, 6.45) is 0. The topological polar surface area (TPSA) is 50.4 Å². The van der Waals surface area contributed by atoms with Crippen LogP contribution >= 0.6 is 0 Å². The molecule has 1 heterocycles. The van der Waals surface area contributed by atoms with E-state index in [9.17, 15) is 9.90 Å². The number of aryl methyl sites for hydroxylation is 2. The van der Waals surface area contributed by atoms with E-state index in [2.05, 4.69) is 0 Å². The van der Waals surface area contributed by atoms with Crippen LogP contribution < -0.4 is 5.63 Å². The molecule has 0 amide bonds. The molecule has 20 heavy (non-hydrogen) atoms. The van der Waals surface area contributed by atoms with Gasteiger partial charge >= 0.3 is 5.63 Å². The van der Waals surface area contributed by atoms with Crippen LogP contribution in [0, 0.1) is 13.8 Å². The summed E-state index contributed by atoms with van der Waals surface area (Å²) in [6, 6.07) is 12.4. The average molecular weight is 266 g/mol. The zero-order valence-electron chi connectivity index (χ0n) is 11.3. The number of benzene rings is 2. The van der Waals surface area contributed by atoms with Crippen LogP contribution in [0.25, 0.3) is 22.1 Å². The first-order valence-electron chi connectivity index (χ1n) is 6.39. The van der Waals surface area contributed by atoms with Gasteiger partial charge in [-0.3, -0.25) is 0 Å². The van der Waals surface area contributed by atoms with E-state index in [4.69, 9.17) is 4.42 Å². The molecule has 100 valence electrons. The van der Waals surface area contributed by atoms with E-state index in [-0.39, 0.29) is 11.4 Å². The lowest BCUT2D eigenvalue weighted by Gasteiger charge is -2.07.